The number of fused-ring (bicyclic) bond motifs is 1. The lowest BCUT2D eigenvalue weighted by atomic mass is 9.50. The molecule has 0 aromatic carbocycles. The van der Waals surface area contributed by atoms with Crippen molar-refractivity contribution in [3.63, 3.8) is 0 Å². The van der Waals surface area contributed by atoms with Gasteiger partial charge in [-0.1, -0.05) is 18.2 Å². The minimum atomic E-state index is -1.77. The van der Waals surface area contributed by atoms with E-state index in [-0.39, 0.29) is 23.5 Å². The van der Waals surface area contributed by atoms with Crippen molar-refractivity contribution in [1.29, 1.82) is 0 Å². The maximum Gasteiger partial charge on any atom is 0.188 e. The molecule has 0 aromatic heterocycles. The first-order valence-corrected chi connectivity index (χ1v) is 7.49. The standard InChI is InChI=1S/C14H14Cl2O4/c15-5-13(19)9-3-1-8(12(13)18)7-2-4-10(17)14(20,6-16)11(7)9/h1-4,7-9,11,19-20H,5-6H2. The predicted molar refractivity (Wildman–Crippen MR) is 73.6 cm³/mol. The summed E-state index contributed by atoms with van der Waals surface area (Å²) in [4.78, 5) is 24.4. The monoisotopic (exact) mass is 316 g/mol. The maximum atomic E-state index is 12.4. The van der Waals surface area contributed by atoms with Gasteiger partial charge >= 0.3 is 0 Å². The number of alkyl halides is 2. The largest absolute Gasteiger partial charge is 0.380 e. The molecule has 1 saturated carbocycles. The van der Waals surface area contributed by atoms with Crippen LogP contribution in [0.5, 0.6) is 0 Å². The van der Waals surface area contributed by atoms with E-state index in [1.807, 2.05) is 0 Å². The fourth-order valence-corrected chi connectivity index (χ4v) is 4.41. The molecule has 20 heavy (non-hydrogen) atoms. The molecule has 0 saturated heterocycles. The third-order valence-electron chi connectivity index (χ3n) is 4.88. The van der Waals surface area contributed by atoms with Crippen LogP contribution >= 0.6 is 23.2 Å². The molecule has 4 rings (SSSR count). The Balaban J connectivity index is 2.17. The van der Waals surface area contributed by atoms with Gasteiger partial charge in [0.25, 0.3) is 0 Å². The van der Waals surface area contributed by atoms with Gasteiger partial charge < -0.3 is 10.2 Å². The zero-order valence-electron chi connectivity index (χ0n) is 10.5. The number of hydrogen-bond donors (Lipinski definition) is 2. The third-order valence-corrected chi connectivity index (χ3v) is 5.69. The second kappa shape index (κ2) is 4.41. The molecule has 0 radical (unpaired) electrons. The van der Waals surface area contributed by atoms with Gasteiger partial charge in [0.15, 0.2) is 11.6 Å². The van der Waals surface area contributed by atoms with Crippen LogP contribution in [0.15, 0.2) is 24.3 Å². The smallest absolute Gasteiger partial charge is 0.188 e. The summed E-state index contributed by atoms with van der Waals surface area (Å²) in [6.07, 6.45) is 6.33. The van der Waals surface area contributed by atoms with Gasteiger partial charge in [0, 0.05) is 17.8 Å². The molecule has 0 spiro atoms. The predicted octanol–water partition coefficient (Wildman–Crippen LogP) is 0.682. The lowest BCUT2D eigenvalue weighted by molar-refractivity contribution is -0.174. The topological polar surface area (TPSA) is 74.6 Å². The number of Topliss-reactive ketones (excluding diaryl/α,β-unsaturated/α-hetero) is 1. The first kappa shape index (κ1) is 14.3. The number of carbonyl (C=O) groups is 2. The summed E-state index contributed by atoms with van der Waals surface area (Å²) in [5, 5.41) is 21.2. The zero-order chi connectivity index (χ0) is 14.7. The number of ketones is 2. The van der Waals surface area contributed by atoms with Crippen molar-refractivity contribution >= 4 is 34.8 Å². The first-order chi connectivity index (χ1) is 9.40. The maximum absolute atomic E-state index is 12.4. The average molecular weight is 317 g/mol. The van der Waals surface area contributed by atoms with Gasteiger partial charge in [-0.2, -0.15) is 0 Å². The first-order valence-electron chi connectivity index (χ1n) is 6.42. The minimum Gasteiger partial charge on any atom is -0.380 e. The highest BCUT2D eigenvalue weighted by atomic mass is 35.5. The molecule has 4 aliphatic carbocycles. The van der Waals surface area contributed by atoms with Crippen molar-refractivity contribution in [1.82, 2.24) is 0 Å². The quantitative estimate of drug-likeness (QED) is 0.580. The summed E-state index contributed by atoms with van der Waals surface area (Å²) >= 11 is 11.6. The molecule has 2 N–H and O–H groups in total. The molecule has 0 aliphatic heterocycles. The van der Waals surface area contributed by atoms with Gasteiger partial charge in [0.2, 0.25) is 0 Å². The van der Waals surface area contributed by atoms with E-state index in [9.17, 15) is 19.8 Å². The number of aliphatic hydroxyl groups is 2. The second-order valence-corrected chi connectivity index (χ2v) is 6.28. The third kappa shape index (κ3) is 1.51. The molecule has 0 aromatic rings. The molecule has 2 bridgehead atoms. The van der Waals surface area contributed by atoms with Crippen molar-refractivity contribution in [2.45, 2.75) is 11.2 Å². The number of rotatable bonds is 2. The Hall–Kier alpha value is -0.680. The van der Waals surface area contributed by atoms with E-state index in [0.717, 1.165) is 0 Å². The van der Waals surface area contributed by atoms with Crippen LogP contribution in [0, 0.1) is 23.7 Å². The summed E-state index contributed by atoms with van der Waals surface area (Å²) in [7, 11) is 0. The number of hydrogen-bond acceptors (Lipinski definition) is 4. The molecule has 1 fully saturated rings. The zero-order valence-corrected chi connectivity index (χ0v) is 12.0. The Morgan fingerprint density at radius 1 is 1.05 bits per heavy atom. The summed E-state index contributed by atoms with van der Waals surface area (Å²) in [5.41, 5.74) is -3.51. The number of allylic oxidation sites excluding steroid dienone is 2. The SMILES string of the molecule is O=C1C2C=CC(C3C2C=CC(=O)C3(O)CCl)C1(O)CCl. The van der Waals surface area contributed by atoms with Crippen molar-refractivity contribution in [3.05, 3.63) is 24.3 Å². The van der Waals surface area contributed by atoms with Crippen LogP contribution in [-0.2, 0) is 9.59 Å². The van der Waals surface area contributed by atoms with Crippen LogP contribution in [0.1, 0.15) is 0 Å². The molecule has 6 atom stereocenters. The molecule has 0 heterocycles. The van der Waals surface area contributed by atoms with Crippen LogP contribution in [0.2, 0.25) is 0 Å². The highest BCUT2D eigenvalue weighted by Crippen LogP contribution is 2.54. The summed E-state index contributed by atoms with van der Waals surface area (Å²) in [6, 6.07) is 0. The van der Waals surface area contributed by atoms with Crippen molar-refractivity contribution in [2.24, 2.45) is 23.7 Å². The van der Waals surface area contributed by atoms with Crippen molar-refractivity contribution in [3.8, 4) is 0 Å². The van der Waals surface area contributed by atoms with Crippen LogP contribution in [0.4, 0.5) is 0 Å². The lowest BCUT2D eigenvalue weighted by Gasteiger charge is -2.56. The average Bonchev–Trinajstić information content (AvgIpc) is 2.47. The number of halogens is 2. The van der Waals surface area contributed by atoms with E-state index in [1.165, 1.54) is 6.08 Å². The van der Waals surface area contributed by atoms with Crippen LogP contribution in [0.3, 0.4) is 0 Å². The molecular formula is C14H14Cl2O4. The minimum absolute atomic E-state index is 0.267. The lowest BCUT2D eigenvalue weighted by Crippen LogP contribution is -2.68. The van der Waals surface area contributed by atoms with E-state index in [0.29, 0.717) is 0 Å². The Morgan fingerprint density at radius 3 is 2.30 bits per heavy atom. The van der Waals surface area contributed by atoms with Crippen LogP contribution in [0.25, 0.3) is 0 Å². The molecule has 0 amide bonds. The van der Waals surface area contributed by atoms with Crippen molar-refractivity contribution < 1.29 is 19.8 Å². The highest BCUT2D eigenvalue weighted by molar-refractivity contribution is 6.22. The van der Waals surface area contributed by atoms with Crippen LogP contribution < -0.4 is 0 Å². The molecule has 6 heteroatoms. The fraction of sp³-hybridized carbons (Fsp3) is 0.571. The van der Waals surface area contributed by atoms with E-state index in [2.05, 4.69) is 0 Å². The van der Waals surface area contributed by atoms with Crippen molar-refractivity contribution in [2.75, 3.05) is 11.8 Å². The van der Waals surface area contributed by atoms with Crippen LogP contribution in [-0.4, -0.2) is 44.7 Å². The summed E-state index contributed by atoms with van der Waals surface area (Å²) in [6.45, 7) is 0. The molecule has 4 aliphatic rings. The van der Waals surface area contributed by atoms with Gasteiger partial charge in [-0.25, -0.2) is 0 Å². The normalized spacial score (nSPS) is 49.6. The van der Waals surface area contributed by atoms with E-state index < -0.39 is 34.7 Å². The highest BCUT2D eigenvalue weighted by Gasteiger charge is 2.65. The molecular weight excluding hydrogens is 303 g/mol. The molecule has 108 valence electrons. The molecule has 4 nitrogen and oxygen atoms in total. The Morgan fingerprint density at radius 2 is 1.70 bits per heavy atom. The van der Waals surface area contributed by atoms with E-state index in [1.54, 1.807) is 18.2 Å². The van der Waals surface area contributed by atoms with Gasteiger partial charge in [0.05, 0.1) is 11.8 Å². The van der Waals surface area contributed by atoms with Gasteiger partial charge in [-0.05, 0) is 12.0 Å². The Bertz CT molecular complexity index is 543. The summed E-state index contributed by atoms with van der Waals surface area (Å²) < 4.78 is 0. The number of carbonyl (C=O) groups excluding carboxylic acids is 2. The Labute approximate surface area is 126 Å². The van der Waals surface area contributed by atoms with Gasteiger partial charge in [-0.15, -0.1) is 23.2 Å². The fourth-order valence-electron chi connectivity index (χ4n) is 3.79. The van der Waals surface area contributed by atoms with E-state index in [4.69, 9.17) is 23.2 Å². The van der Waals surface area contributed by atoms with Gasteiger partial charge in [0.1, 0.15) is 11.2 Å². The Kier molecular flexibility index (Phi) is 3.14. The summed E-state index contributed by atoms with van der Waals surface area (Å²) in [5.74, 6) is -3.63. The van der Waals surface area contributed by atoms with E-state index >= 15 is 0 Å². The molecule has 6 unspecified atom stereocenters. The second-order valence-electron chi connectivity index (χ2n) is 5.74. The van der Waals surface area contributed by atoms with Gasteiger partial charge in [-0.3, -0.25) is 9.59 Å².